The van der Waals surface area contributed by atoms with Crippen LogP contribution in [0.5, 0.6) is 0 Å². The third kappa shape index (κ3) is 4.92. The van der Waals surface area contributed by atoms with E-state index in [1.807, 2.05) is 0 Å². The average Bonchev–Trinajstić information content (AvgIpc) is 3.43. The number of aryl methyl sites for hydroxylation is 1. The smallest absolute Gasteiger partial charge is 0.419 e. The first kappa shape index (κ1) is 24.8. The van der Waals surface area contributed by atoms with Crippen LogP contribution in [0.2, 0.25) is 0 Å². The number of halogens is 3. The van der Waals surface area contributed by atoms with E-state index in [0.29, 0.717) is 31.7 Å². The molecular weight excluding hydrogens is 465 g/mol. The molecular formula is C23H29F3N6O3. The third-order valence-electron chi connectivity index (χ3n) is 6.43. The molecule has 2 aromatic rings. The number of amides is 2. The van der Waals surface area contributed by atoms with Crippen molar-refractivity contribution in [2.75, 3.05) is 32.4 Å². The number of rotatable bonds is 3. The molecule has 2 N–H and O–H groups in total. The molecule has 4 rings (SSSR count). The van der Waals surface area contributed by atoms with E-state index in [0.717, 1.165) is 18.2 Å². The minimum Gasteiger partial charge on any atom is -0.444 e. The van der Waals surface area contributed by atoms with Gasteiger partial charge in [0.1, 0.15) is 18.0 Å². The fourth-order valence-corrected chi connectivity index (χ4v) is 4.65. The summed E-state index contributed by atoms with van der Waals surface area (Å²) in [5.41, 5.74) is 4.93. The fraction of sp³-hybridized carbons (Fsp3) is 0.565. The summed E-state index contributed by atoms with van der Waals surface area (Å²) in [5.74, 6) is -0.767. The standard InChI is InChI=1S/C23H29F3N6O3/c1-21(2,3)35-20(34)30(4)12-18(33)31-7-5-22(13-31)6-8-32-17(22)10-16(29-32)14-9-15(23(24,25)26)19(27)28-11-14/h9-11H,5-8,12-13H2,1-4H3,(H2,27,28)/t22-/m1/s1. The predicted octanol–water partition coefficient (Wildman–Crippen LogP) is 3.29. The van der Waals surface area contributed by atoms with Crippen LogP contribution < -0.4 is 5.73 Å². The van der Waals surface area contributed by atoms with E-state index in [-0.39, 0.29) is 23.4 Å². The maximum absolute atomic E-state index is 13.3. The first-order valence-corrected chi connectivity index (χ1v) is 11.3. The summed E-state index contributed by atoms with van der Waals surface area (Å²) in [4.78, 5) is 31.8. The molecule has 4 heterocycles. The number of aromatic nitrogens is 3. The number of carbonyl (C=O) groups excluding carboxylic acids is 2. The van der Waals surface area contributed by atoms with Crippen LogP contribution >= 0.6 is 0 Å². The van der Waals surface area contributed by atoms with Crippen molar-refractivity contribution in [3.63, 3.8) is 0 Å². The van der Waals surface area contributed by atoms with Gasteiger partial charge in [0.15, 0.2) is 0 Å². The van der Waals surface area contributed by atoms with Crippen molar-refractivity contribution in [2.24, 2.45) is 0 Å². The maximum atomic E-state index is 13.3. The van der Waals surface area contributed by atoms with Crippen molar-refractivity contribution in [3.05, 3.63) is 29.6 Å². The second kappa shape index (κ2) is 8.42. The molecule has 1 fully saturated rings. The summed E-state index contributed by atoms with van der Waals surface area (Å²) in [5, 5.41) is 4.50. The third-order valence-corrected chi connectivity index (χ3v) is 6.43. The fourth-order valence-electron chi connectivity index (χ4n) is 4.65. The van der Waals surface area contributed by atoms with Crippen LogP contribution in [0.1, 0.15) is 44.9 Å². The second-order valence-electron chi connectivity index (χ2n) is 10.2. The number of ether oxygens (including phenoxy) is 1. The average molecular weight is 495 g/mol. The highest BCUT2D eigenvalue weighted by Gasteiger charge is 2.47. The van der Waals surface area contributed by atoms with Gasteiger partial charge in [-0.25, -0.2) is 9.78 Å². The lowest BCUT2D eigenvalue weighted by Crippen LogP contribution is -2.43. The molecule has 2 amide bonds. The van der Waals surface area contributed by atoms with Gasteiger partial charge in [0.05, 0.1) is 11.3 Å². The minimum absolute atomic E-state index is 0.104. The van der Waals surface area contributed by atoms with Crippen molar-refractivity contribution in [1.29, 1.82) is 0 Å². The van der Waals surface area contributed by atoms with Crippen LogP contribution in [0.4, 0.5) is 23.8 Å². The van der Waals surface area contributed by atoms with Gasteiger partial charge in [-0.2, -0.15) is 18.3 Å². The SMILES string of the molecule is CN(CC(=O)N1CC[C@@]2(CCn3nc(-c4cnc(N)c(C(F)(F)F)c4)cc32)C1)C(=O)OC(C)(C)C. The quantitative estimate of drug-likeness (QED) is 0.702. The topological polar surface area (TPSA) is 107 Å². The van der Waals surface area contributed by atoms with Crippen LogP contribution in [-0.2, 0) is 27.7 Å². The highest BCUT2D eigenvalue weighted by molar-refractivity contribution is 5.82. The van der Waals surface area contributed by atoms with E-state index in [1.54, 1.807) is 36.4 Å². The van der Waals surface area contributed by atoms with Crippen LogP contribution in [0.3, 0.4) is 0 Å². The number of hydrogen-bond acceptors (Lipinski definition) is 6. The number of anilines is 1. The zero-order valence-corrected chi connectivity index (χ0v) is 20.1. The van der Waals surface area contributed by atoms with Crippen molar-refractivity contribution in [2.45, 2.75) is 57.3 Å². The van der Waals surface area contributed by atoms with Gasteiger partial charge >= 0.3 is 12.3 Å². The van der Waals surface area contributed by atoms with Gasteiger partial charge in [0.2, 0.25) is 5.91 Å². The molecule has 1 spiro atoms. The van der Waals surface area contributed by atoms with Crippen LogP contribution in [0, 0.1) is 0 Å². The maximum Gasteiger partial charge on any atom is 0.419 e. The number of alkyl halides is 3. The molecule has 0 radical (unpaired) electrons. The molecule has 12 heteroatoms. The van der Waals surface area contributed by atoms with Crippen LogP contribution in [0.25, 0.3) is 11.3 Å². The summed E-state index contributed by atoms with van der Waals surface area (Å²) < 4.78 is 46.9. The summed E-state index contributed by atoms with van der Waals surface area (Å²) in [6.45, 7) is 6.73. The van der Waals surface area contributed by atoms with Crippen LogP contribution in [-0.4, -0.2) is 68.8 Å². The van der Waals surface area contributed by atoms with Gasteiger partial charge in [-0.05, 0) is 45.7 Å². The number of carbonyl (C=O) groups is 2. The van der Waals surface area contributed by atoms with E-state index in [9.17, 15) is 22.8 Å². The van der Waals surface area contributed by atoms with Crippen molar-refractivity contribution in [3.8, 4) is 11.3 Å². The zero-order chi connectivity index (χ0) is 25.8. The Bertz CT molecular complexity index is 1160. The van der Waals surface area contributed by atoms with Crippen molar-refractivity contribution in [1.82, 2.24) is 24.6 Å². The van der Waals surface area contributed by atoms with Gasteiger partial charge in [-0.3, -0.25) is 9.48 Å². The van der Waals surface area contributed by atoms with E-state index in [2.05, 4.69) is 10.1 Å². The van der Waals surface area contributed by atoms with Gasteiger partial charge in [-0.15, -0.1) is 0 Å². The number of nitrogens with zero attached hydrogens (tertiary/aromatic N) is 5. The minimum atomic E-state index is -4.62. The van der Waals surface area contributed by atoms with Crippen molar-refractivity contribution >= 4 is 17.8 Å². The van der Waals surface area contributed by atoms with Gasteiger partial charge in [-0.1, -0.05) is 0 Å². The Morgan fingerprint density at radius 1 is 1.20 bits per heavy atom. The van der Waals surface area contributed by atoms with Gasteiger partial charge in [0, 0.05) is 49.6 Å². The lowest BCUT2D eigenvalue weighted by Gasteiger charge is -2.27. The zero-order valence-electron chi connectivity index (χ0n) is 20.1. The summed E-state index contributed by atoms with van der Waals surface area (Å²) in [6.07, 6.45) is -2.43. The molecule has 1 atom stereocenters. The molecule has 2 aliphatic heterocycles. The Morgan fingerprint density at radius 2 is 1.89 bits per heavy atom. The molecule has 9 nitrogen and oxygen atoms in total. The number of fused-ring (bicyclic) bond motifs is 2. The van der Waals surface area contributed by atoms with E-state index in [4.69, 9.17) is 10.5 Å². The lowest BCUT2D eigenvalue weighted by atomic mass is 9.82. The molecule has 2 aliphatic rings. The Morgan fingerprint density at radius 3 is 2.54 bits per heavy atom. The second-order valence-corrected chi connectivity index (χ2v) is 10.2. The Balaban J connectivity index is 1.49. The number of likely N-dealkylation sites (tertiary alicyclic amines) is 1. The largest absolute Gasteiger partial charge is 0.444 e. The Kier molecular flexibility index (Phi) is 5.97. The Labute approximate surface area is 201 Å². The Hall–Kier alpha value is -3.31. The molecule has 1 saturated heterocycles. The molecule has 190 valence electrons. The predicted molar refractivity (Wildman–Crippen MR) is 121 cm³/mol. The number of pyridine rings is 1. The monoisotopic (exact) mass is 494 g/mol. The van der Waals surface area contributed by atoms with Crippen molar-refractivity contribution < 1.29 is 27.5 Å². The molecule has 2 aromatic heterocycles. The highest BCUT2D eigenvalue weighted by atomic mass is 19.4. The number of nitrogens with two attached hydrogens (primary N) is 1. The molecule has 0 aliphatic carbocycles. The highest BCUT2D eigenvalue weighted by Crippen LogP contribution is 2.44. The summed E-state index contributed by atoms with van der Waals surface area (Å²) >= 11 is 0. The summed E-state index contributed by atoms with van der Waals surface area (Å²) in [7, 11) is 1.52. The first-order valence-electron chi connectivity index (χ1n) is 11.3. The normalized spacial score (nSPS) is 19.8. The van der Waals surface area contributed by atoms with Gasteiger partial charge < -0.3 is 20.3 Å². The van der Waals surface area contributed by atoms with E-state index in [1.165, 1.54) is 18.1 Å². The number of hydrogen-bond donors (Lipinski definition) is 1. The molecule has 0 unspecified atom stereocenters. The number of nitrogen functional groups attached to an aromatic ring is 1. The summed E-state index contributed by atoms with van der Waals surface area (Å²) in [6, 6.07) is 2.74. The van der Waals surface area contributed by atoms with E-state index >= 15 is 0 Å². The first-order chi connectivity index (χ1) is 16.2. The van der Waals surface area contributed by atoms with Crippen LogP contribution in [0.15, 0.2) is 18.3 Å². The molecule has 0 aromatic carbocycles. The van der Waals surface area contributed by atoms with E-state index < -0.39 is 29.3 Å². The molecule has 0 saturated carbocycles. The molecule has 35 heavy (non-hydrogen) atoms. The number of likely N-dealkylation sites (N-methyl/N-ethyl adjacent to an activating group) is 1. The lowest BCUT2D eigenvalue weighted by molar-refractivity contribution is -0.137. The molecule has 0 bridgehead atoms. The van der Waals surface area contributed by atoms with Gasteiger partial charge in [0.25, 0.3) is 0 Å².